The van der Waals surface area contributed by atoms with Gasteiger partial charge in [0.2, 0.25) is 0 Å². The van der Waals surface area contributed by atoms with E-state index >= 15 is 0 Å². The molecule has 3 N–H and O–H groups in total. The van der Waals surface area contributed by atoms with Gasteiger partial charge in [0.05, 0.1) is 10.2 Å². The van der Waals surface area contributed by atoms with Gasteiger partial charge in [-0.2, -0.15) is 0 Å². The van der Waals surface area contributed by atoms with Gasteiger partial charge in [-0.25, -0.2) is 4.98 Å². The van der Waals surface area contributed by atoms with E-state index in [1.807, 2.05) is 52.0 Å². The largest absolute Gasteiger partial charge is 0.383 e. The van der Waals surface area contributed by atoms with Gasteiger partial charge in [0.1, 0.15) is 11.1 Å². The molecule has 3 atom stereocenters. The Morgan fingerprint density at radius 3 is 2.50 bits per heavy atom. The number of amides is 1. The summed E-state index contributed by atoms with van der Waals surface area (Å²) >= 11 is 1.27. The van der Waals surface area contributed by atoms with Crippen molar-refractivity contribution in [1.29, 1.82) is 0 Å². The Morgan fingerprint density at radius 2 is 1.91 bits per heavy atom. The molecular formula is C16H22N2O3S. The highest BCUT2D eigenvalue weighted by Crippen LogP contribution is 2.28. The topological polar surface area (TPSA) is 82.5 Å². The van der Waals surface area contributed by atoms with E-state index in [1.54, 1.807) is 0 Å². The Balaban J connectivity index is 2.11. The van der Waals surface area contributed by atoms with Crippen LogP contribution in [0.25, 0.3) is 10.2 Å². The third-order valence-electron chi connectivity index (χ3n) is 3.79. The molecule has 0 aliphatic heterocycles. The first-order valence-electron chi connectivity index (χ1n) is 7.22. The molecule has 0 radical (unpaired) electrons. The zero-order valence-corrected chi connectivity index (χ0v) is 14.0. The molecule has 3 unspecified atom stereocenters. The lowest BCUT2D eigenvalue weighted by molar-refractivity contribution is -0.136. The average molecular weight is 322 g/mol. The fraction of sp³-hybridized carbons (Fsp3) is 0.500. The molecule has 120 valence electrons. The number of hydrogen-bond donors (Lipinski definition) is 3. The number of fused-ring (bicyclic) bond motifs is 1. The zero-order valence-electron chi connectivity index (χ0n) is 13.2. The van der Waals surface area contributed by atoms with Crippen molar-refractivity contribution in [3.63, 3.8) is 0 Å². The van der Waals surface area contributed by atoms with Crippen molar-refractivity contribution >= 4 is 27.5 Å². The second kappa shape index (κ2) is 6.32. The number of aliphatic hydroxyl groups excluding tert-OH is 2. The van der Waals surface area contributed by atoms with Crippen molar-refractivity contribution in [1.82, 2.24) is 10.3 Å². The number of nitrogens with one attached hydrogen (secondary N) is 1. The first-order chi connectivity index (χ1) is 10.2. The molecule has 1 aromatic heterocycles. The van der Waals surface area contributed by atoms with Crippen LogP contribution >= 0.6 is 11.3 Å². The lowest BCUT2D eigenvalue weighted by Crippen LogP contribution is -2.47. The molecule has 0 spiro atoms. The molecule has 0 saturated carbocycles. The third-order valence-corrected chi connectivity index (χ3v) is 4.90. The summed E-state index contributed by atoms with van der Waals surface area (Å²) in [5, 5.41) is 23.4. The molecule has 2 rings (SSSR count). The molecule has 1 amide bonds. The zero-order chi connectivity index (χ0) is 16.5. The van der Waals surface area contributed by atoms with Crippen LogP contribution in [0.1, 0.15) is 38.8 Å². The van der Waals surface area contributed by atoms with Gasteiger partial charge in [0.25, 0.3) is 5.91 Å². The van der Waals surface area contributed by atoms with Crippen LogP contribution in [0.2, 0.25) is 0 Å². The first kappa shape index (κ1) is 16.9. The number of hydrogen-bond acceptors (Lipinski definition) is 5. The number of aliphatic hydroxyl groups is 2. The number of aromatic nitrogens is 1. The fourth-order valence-corrected chi connectivity index (χ4v) is 2.79. The van der Waals surface area contributed by atoms with Crippen LogP contribution in [-0.2, 0) is 4.79 Å². The van der Waals surface area contributed by atoms with Crippen molar-refractivity contribution in [3.05, 3.63) is 29.3 Å². The van der Waals surface area contributed by atoms with Gasteiger partial charge in [-0.15, -0.1) is 11.3 Å². The van der Waals surface area contributed by atoms with Gasteiger partial charge in [0, 0.05) is 6.04 Å². The maximum atomic E-state index is 12.1. The highest BCUT2D eigenvalue weighted by molar-refractivity contribution is 7.18. The van der Waals surface area contributed by atoms with Gasteiger partial charge in [-0.1, -0.05) is 32.9 Å². The molecule has 0 bridgehead atoms. The molecule has 1 aromatic carbocycles. The first-order valence-corrected chi connectivity index (χ1v) is 8.04. The van der Waals surface area contributed by atoms with Crippen LogP contribution in [0.15, 0.2) is 24.3 Å². The SMILES string of the molecule is CC(NC(=O)C(O)C(O)c1nc2ccccc2s1)C(C)(C)C. The standard InChI is InChI=1S/C16H22N2O3S/c1-9(16(2,3)4)17-14(21)12(19)13(20)15-18-10-7-5-6-8-11(10)22-15/h5-9,12-13,19-20H,1-4H3,(H,17,21). The lowest BCUT2D eigenvalue weighted by Gasteiger charge is -2.29. The Kier molecular flexibility index (Phi) is 4.84. The highest BCUT2D eigenvalue weighted by atomic mass is 32.1. The van der Waals surface area contributed by atoms with E-state index in [1.165, 1.54) is 11.3 Å². The van der Waals surface area contributed by atoms with Gasteiger partial charge >= 0.3 is 0 Å². The van der Waals surface area contributed by atoms with Gasteiger partial charge < -0.3 is 15.5 Å². The van der Waals surface area contributed by atoms with Crippen LogP contribution in [-0.4, -0.2) is 33.3 Å². The Labute approximate surface area is 134 Å². The molecule has 0 fully saturated rings. The lowest BCUT2D eigenvalue weighted by atomic mass is 9.88. The van der Waals surface area contributed by atoms with E-state index < -0.39 is 18.1 Å². The number of rotatable bonds is 4. The number of carbonyl (C=O) groups excluding carboxylic acids is 1. The van der Waals surface area contributed by atoms with E-state index in [4.69, 9.17) is 0 Å². The summed E-state index contributed by atoms with van der Waals surface area (Å²) in [4.78, 5) is 16.4. The smallest absolute Gasteiger partial charge is 0.252 e. The van der Waals surface area contributed by atoms with Gasteiger partial charge in [-0.05, 0) is 24.5 Å². The van der Waals surface area contributed by atoms with E-state index in [9.17, 15) is 15.0 Å². The monoisotopic (exact) mass is 322 g/mol. The summed E-state index contributed by atoms with van der Waals surface area (Å²) in [5.41, 5.74) is 0.619. The van der Waals surface area contributed by atoms with E-state index in [2.05, 4.69) is 10.3 Å². The number of thiazole rings is 1. The maximum Gasteiger partial charge on any atom is 0.252 e. The third kappa shape index (κ3) is 3.63. The molecule has 6 heteroatoms. The van der Waals surface area contributed by atoms with Crippen molar-refractivity contribution < 1.29 is 15.0 Å². The Bertz CT molecular complexity index is 630. The van der Waals surface area contributed by atoms with E-state index in [-0.39, 0.29) is 11.5 Å². The normalized spacial score (nSPS) is 16.3. The summed E-state index contributed by atoms with van der Waals surface area (Å²) in [7, 11) is 0. The van der Waals surface area contributed by atoms with Crippen LogP contribution in [0, 0.1) is 5.41 Å². The van der Waals surface area contributed by atoms with Crippen molar-refractivity contribution in [2.24, 2.45) is 5.41 Å². The number of benzene rings is 1. The Morgan fingerprint density at radius 1 is 1.27 bits per heavy atom. The molecule has 22 heavy (non-hydrogen) atoms. The maximum absolute atomic E-state index is 12.1. The van der Waals surface area contributed by atoms with Crippen LogP contribution < -0.4 is 5.32 Å². The summed E-state index contributed by atoms with van der Waals surface area (Å²) in [6, 6.07) is 7.32. The molecule has 0 saturated heterocycles. The predicted octanol–water partition coefficient (Wildman–Crippen LogP) is 2.24. The summed E-state index contributed by atoms with van der Waals surface area (Å²) in [6.45, 7) is 7.85. The van der Waals surface area contributed by atoms with E-state index in [0.717, 1.165) is 10.2 Å². The quantitative estimate of drug-likeness (QED) is 0.806. The van der Waals surface area contributed by atoms with Crippen LogP contribution in [0.5, 0.6) is 0 Å². The second-order valence-electron chi connectivity index (χ2n) is 6.51. The predicted molar refractivity (Wildman–Crippen MR) is 87.6 cm³/mol. The van der Waals surface area contributed by atoms with Gasteiger partial charge in [-0.3, -0.25) is 4.79 Å². The molecule has 0 aliphatic carbocycles. The molecule has 5 nitrogen and oxygen atoms in total. The molecular weight excluding hydrogens is 300 g/mol. The summed E-state index contributed by atoms with van der Waals surface area (Å²) < 4.78 is 0.909. The molecule has 0 aliphatic rings. The summed E-state index contributed by atoms with van der Waals surface area (Å²) in [5.74, 6) is -0.589. The highest BCUT2D eigenvalue weighted by Gasteiger charge is 2.31. The van der Waals surface area contributed by atoms with Crippen LogP contribution in [0.4, 0.5) is 0 Å². The van der Waals surface area contributed by atoms with E-state index in [0.29, 0.717) is 5.01 Å². The summed E-state index contributed by atoms with van der Waals surface area (Å²) in [6.07, 6.45) is -2.87. The van der Waals surface area contributed by atoms with Crippen molar-refractivity contribution in [2.45, 2.75) is 45.9 Å². The minimum atomic E-state index is -1.54. The minimum Gasteiger partial charge on any atom is -0.383 e. The number of para-hydroxylation sites is 1. The van der Waals surface area contributed by atoms with Gasteiger partial charge in [0.15, 0.2) is 6.10 Å². The number of carbonyl (C=O) groups is 1. The van der Waals surface area contributed by atoms with Crippen molar-refractivity contribution in [3.8, 4) is 0 Å². The van der Waals surface area contributed by atoms with Crippen LogP contribution in [0.3, 0.4) is 0 Å². The average Bonchev–Trinajstić information content (AvgIpc) is 2.88. The number of nitrogens with zero attached hydrogens (tertiary/aromatic N) is 1. The minimum absolute atomic E-state index is 0.128. The Hall–Kier alpha value is -1.50. The van der Waals surface area contributed by atoms with Crippen molar-refractivity contribution in [2.75, 3.05) is 0 Å². The molecule has 1 heterocycles. The second-order valence-corrected chi connectivity index (χ2v) is 7.57. The molecule has 2 aromatic rings. The fourth-order valence-electron chi connectivity index (χ4n) is 1.81.